The second-order valence-electron chi connectivity index (χ2n) is 6.39. The first-order chi connectivity index (χ1) is 12.6. The van der Waals surface area contributed by atoms with Gasteiger partial charge in [-0.15, -0.1) is 0 Å². The minimum absolute atomic E-state index is 0.0638. The maximum atomic E-state index is 12.6. The third kappa shape index (κ3) is 3.15. The highest BCUT2D eigenvalue weighted by molar-refractivity contribution is 5.99. The van der Waals surface area contributed by atoms with Crippen LogP contribution in [0.5, 0.6) is 0 Å². The predicted molar refractivity (Wildman–Crippen MR) is 95.3 cm³/mol. The minimum Gasteiger partial charge on any atom is -0.349 e. The summed E-state index contributed by atoms with van der Waals surface area (Å²) in [6.07, 6.45) is 6.48. The highest BCUT2D eigenvalue weighted by Gasteiger charge is 2.24. The summed E-state index contributed by atoms with van der Waals surface area (Å²) in [5, 5.41) is 7.20. The van der Waals surface area contributed by atoms with Crippen LogP contribution in [0, 0.1) is 6.92 Å². The third-order valence-corrected chi connectivity index (χ3v) is 4.51. The molecule has 9 nitrogen and oxygen atoms in total. The van der Waals surface area contributed by atoms with Crippen LogP contribution in [0.1, 0.15) is 28.9 Å². The van der Waals surface area contributed by atoms with Crippen molar-refractivity contribution in [3.63, 3.8) is 0 Å². The smallest absolute Gasteiger partial charge is 0.256 e. The topological polar surface area (TPSA) is 108 Å². The second-order valence-corrected chi connectivity index (χ2v) is 6.39. The summed E-state index contributed by atoms with van der Waals surface area (Å²) in [5.74, 6) is 0.422. The Balaban J connectivity index is 1.40. The van der Waals surface area contributed by atoms with Gasteiger partial charge in [0.05, 0.1) is 6.20 Å². The van der Waals surface area contributed by atoms with Crippen LogP contribution in [-0.2, 0) is 0 Å². The molecule has 9 heteroatoms. The largest absolute Gasteiger partial charge is 0.349 e. The molecular formula is C17H19N7O2. The number of fused-ring (bicyclic) bond motifs is 1. The molecule has 3 aromatic rings. The van der Waals surface area contributed by atoms with Crippen LogP contribution in [0.25, 0.3) is 5.65 Å². The molecule has 134 valence electrons. The van der Waals surface area contributed by atoms with Crippen molar-refractivity contribution >= 4 is 17.5 Å². The summed E-state index contributed by atoms with van der Waals surface area (Å²) in [5.41, 5.74) is 1.56. The van der Waals surface area contributed by atoms with Gasteiger partial charge in [-0.2, -0.15) is 5.10 Å². The van der Waals surface area contributed by atoms with Gasteiger partial charge in [0.2, 0.25) is 5.95 Å². The zero-order valence-corrected chi connectivity index (χ0v) is 14.3. The van der Waals surface area contributed by atoms with Crippen molar-refractivity contribution in [1.82, 2.24) is 29.9 Å². The summed E-state index contributed by atoms with van der Waals surface area (Å²) in [7, 11) is 0. The van der Waals surface area contributed by atoms with Crippen LogP contribution in [-0.4, -0.2) is 49.6 Å². The first kappa shape index (κ1) is 16.2. The summed E-state index contributed by atoms with van der Waals surface area (Å²) in [6, 6.07) is 3.30. The molecule has 1 aliphatic heterocycles. The van der Waals surface area contributed by atoms with E-state index in [1.165, 1.54) is 12.3 Å². The lowest BCUT2D eigenvalue weighted by atomic mass is 10.0. The number of hydrogen-bond donors (Lipinski definition) is 2. The number of amides is 1. The Kier molecular flexibility index (Phi) is 4.11. The van der Waals surface area contributed by atoms with Crippen molar-refractivity contribution in [3.05, 3.63) is 52.3 Å². The first-order valence-corrected chi connectivity index (χ1v) is 8.52. The van der Waals surface area contributed by atoms with Crippen molar-refractivity contribution in [1.29, 1.82) is 0 Å². The number of H-pyrrole nitrogens is 1. The standard InChI is InChI=1S/C17H19N7O2/c1-11-9-14(25)22-17(20-11)23-7-3-12(4-8-23)21-16(26)13-10-19-24-6-2-5-18-15(13)24/h2,5-6,9-10,12H,3-4,7-8H2,1H3,(H,21,26)(H,20,22,25). The molecule has 1 aliphatic rings. The lowest BCUT2D eigenvalue weighted by Crippen LogP contribution is -2.45. The lowest BCUT2D eigenvalue weighted by molar-refractivity contribution is 0.0932. The van der Waals surface area contributed by atoms with E-state index in [2.05, 4.69) is 25.4 Å². The van der Waals surface area contributed by atoms with E-state index in [-0.39, 0.29) is 17.5 Å². The van der Waals surface area contributed by atoms with E-state index in [1.807, 2.05) is 4.90 Å². The summed E-state index contributed by atoms with van der Waals surface area (Å²) in [4.78, 5) is 37.6. The van der Waals surface area contributed by atoms with Gasteiger partial charge in [-0.1, -0.05) is 0 Å². The van der Waals surface area contributed by atoms with E-state index in [0.29, 0.717) is 35.9 Å². The average molecular weight is 353 g/mol. The highest BCUT2D eigenvalue weighted by atomic mass is 16.1. The van der Waals surface area contributed by atoms with Crippen LogP contribution >= 0.6 is 0 Å². The van der Waals surface area contributed by atoms with Crippen molar-refractivity contribution in [3.8, 4) is 0 Å². The van der Waals surface area contributed by atoms with Crippen LogP contribution in [0.15, 0.2) is 35.5 Å². The molecule has 1 saturated heterocycles. The lowest BCUT2D eigenvalue weighted by Gasteiger charge is -2.32. The van der Waals surface area contributed by atoms with Crippen LogP contribution in [0.4, 0.5) is 5.95 Å². The second kappa shape index (κ2) is 6.58. The highest BCUT2D eigenvalue weighted by Crippen LogP contribution is 2.16. The van der Waals surface area contributed by atoms with Gasteiger partial charge in [0.1, 0.15) is 5.56 Å². The Morgan fingerprint density at radius 3 is 2.92 bits per heavy atom. The number of carbonyl (C=O) groups is 1. The zero-order valence-electron chi connectivity index (χ0n) is 14.3. The number of aromatic amines is 1. The fourth-order valence-electron chi connectivity index (χ4n) is 3.20. The van der Waals surface area contributed by atoms with Gasteiger partial charge < -0.3 is 10.2 Å². The van der Waals surface area contributed by atoms with Crippen LogP contribution < -0.4 is 15.8 Å². The normalized spacial score (nSPS) is 15.3. The maximum absolute atomic E-state index is 12.6. The van der Waals surface area contributed by atoms with E-state index < -0.39 is 0 Å². The number of aryl methyl sites for hydroxylation is 1. The van der Waals surface area contributed by atoms with E-state index in [9.17, 15) is 9.59 Å². The number of nitrogens with zero attached hydrogens (tertiary/aromatic N) is 5. The Labute approximate surface area is 149 Å². The van der Waals surface area contributed by atoms with E-state index in [4.69, 9.17) is 0 Å². The fourth-order valence-corrected chi connectivity index (χ4v) is 3.20. The van der Waals surface area contributed by atoms with Crippen molar-refractivity contribution < 1.29 is 4.79 Å². The molecule has 1 amide bonds. The molecule has 2 N–H and O–H groups in total. The quantitative estimate of drug-likeness (QED) is 0.711. The van der Waals surface area contributed by atoms with E-state index in [1.54, 1.807) is 29.9 Å². The monoisotopic (exact) mass is 353 g/mol. The molecule has 0 bridgehead atoms. The van der Waals surface area contributed by atoms with Gasteiger partial charge in [0, 0.05) is 43.3 Å². The summed E-state index contributed by atoms with van der Waals surface area (Å²) >= 11 is 0. The summed E-state index contributed by atoms with van der Waals surface area (Å²) in [6.45, 7) is 3.23. The number of nitrogens with one attached hydrogen (secondary N) is 2. The summed E-state index contributed by atoms with van der Waals surface area (Å²) < 4.78 is 1.58. The van der Waals surface area contributed by atoms with Gasteiger partial charge in [0.25, 0.3) is 11.5 Å². The molecule has 26 heavy (non-hydrogen) atoms. The molecule has 1 fully saturated rings. The number of anilines is 1. The van der Waals surface area contributed by atoms with Crippen LogP contribution in [0.2, 0.25) is 0 Å². The molecule has 0 unspecified atom stereocenters. The molecule has 0 saturated carbocycles. The fraction of sp³-hybridized carbons (Fsp3) is 0.353. The molecule has 0 radical (unpaired) electrons. The van der Waals surface area contributed by atoms with Gasteiger partial charge in [-0.05, 0) is 25.8 Å². The number of aromatic nitrogens is 5. The molecular weight excluding hydrogens is 334 g/mol. The Morgan fingerprint density at radius 2 is 2.15 bits per heavy atom. The average Bonchev–Trinajstić information content (AvgIpc) is 3.06. The molecule has 4 rings (SSSR count). The van der Waals surface area contributed by atoms with Gasteiger partial charge >= 0.3 is 0 Å². The molecule has 0 aromatic carbocycles. The Hall–Kier alpha value is -3.23. The van der Waals surface area contributed by atoms with Crippen molar-refractivity contribution in [2.24, 2.45) is 0 Å². The Bertz CT molecular complexity index is 1000. The minimum atomic E-state index is -0.167. The van der Waals surface area contributed by atoms with Gasteiger partial charge in [-0.3, -0.25) is 14.6 Å². The van der Waals surface area contributed by atoms with Gasteiger partial charge in [0.15, 0.2) is 5.65 Å². The number of piperidine rings is 1. The van der Waals surface area contributed by atoms with Gasteiger partial charge in [-0.25, -0.2) is 14.5 Å². The van der Waals surface area contributed by atoms with E-state index >= 15 is 0 Å². The molecule has 4 heterocycles. The first-order valence-electron chi connectivity index (χ1n) is 8.52. The predicted octanol–water partition coefficient (Wildman–Crippen LogP) is 0.520. The third-order valence-electron chi connectivity index (χ3n) is 4.51. The SMILES string of the molecule is Cc1cc(=O)[nH]c(N2CCC(NC(=O)c3cnn4cccnc34)CC2)n1. The van der Waals surface area contributed by atoms with Crippen molar-refractivity contribution in [2.45, 2.75) is 25.8 Å². The number of rotatable bonds is 3. The van der Waals surface area contributed by atoms with Crippen LogP contribution in [0.3, 0.4) is 0 Å². The molecule has 0 aliphatic carbocycles. The maximum Gasteiger partial charge on any atom is 0.256 e. The Morgan fingerprint density at radius 1 is 1.35 bits per heavy atom. The molecule has 0 atom stereocenters. The number of hydrogen-bond acceptors (Lipinski definition) is 6. The zero-order chi connectivity index (χ0) is 18.1. The molecule has 3 aromatic heterocycles. The molecule has 0 spiro atoms. The van der Waals surface area contributed by atoms with Crippen molar-refractivity contribution in [2.75, 3.05) is 18.0 Å². The number of carbonyl (C=O) groups excluding carboxylic acids is 1. The van der Waals surface area contributed by atoms with E-state index in [0.717, 1.165) is 12.8 Å².